The molecule has 0 radical (unpaired) electrons. The van der Waals surface area contributed by atoms with E-state index < -0.39 is 28.5 Å². The molecule has 3 rings (SSSR count). The molecule has 1 amide bonds. The standard InChI is InChI=1S/C22H19BrN2O8/c1-3-32-19(26)11-17(12-5-4-6-15(8-12)25(29)30)24-21(27)16-9-13-7-14(23)10-18(31-2)20(13)33-22(16)28/h4-10,17H,3,11H2,1-2H3,(H,24,27). The van der Waals surface area contributed by atoms with Crippen LogP contribution < -0.4 is 15.7 Å². The number of nitro benzene ring substituents is 1. The van der Waals surface area contributed by atoms with Gasteiger partial charge in [-0.3, -0.25) is 19.7 Å². The number of nitrogens with zero attached hydrogens (tertiary/aromatic N) is 1. The second-order valence-corrected chi connectivity index (χ2v) is 7.78. The first-order valence-electron chi connectivity index (χ1n) is 9.75. The Balaban J connectivity index is 1.99. The molecule has 33 heavy (non-hydrogen) atoms. The van der Waals surface area contributed by atoms with Crippen LogP contribution in [0, 0.1) is 10.1 Å². The van der Waals surface area contributed by atoms with Gasteiger partial charge in [0, 0.05) is 22.0 Å². The normalized spacial score (nSPS) is 11.6. The van der Waals surface area contributed by atoms with E-state index in [2.05, 4.69) is 21.2 Å². The van der Waals surface area contributed by atoms with Gasteiger partial charge in [0.2, 0.25) is 0 Å². The third-order valence-corrected chi connectivity index (χ3v) is 5.15. The van der Waals surface area contributed by atoms with E-state index in [1.54, 1.807) is 19.1 Å². The van der Waals surface area contributed by atoms with E-state index in [1.165, 1.54) is 37.4 Å². The summed E-state index contributed by atoms with van der Waals surface area (Å²) < 4.78 is 16.1. The van der Waals surface area contributed by atoms with Gasteiger partial charge in [0.05, 0.1) is 31.1 Å². The van der Waals surface area contributed by atoms with Crippen LogP contribution in [0.1, 0.15) is 35.3 Å². The number of benzene rings is 2. The van der Waals surface area contributed by atoms with E-state index >= 15 is 0 Å². The van der Waals surface area contributed by atoms with Gasteiger partial charge < -0.3 is 19.2 Å². The number of ether oxygens (including phenoxy) is 2. The number of hydrogen-bond donors (Lipinski definition) is 1. The first-order chi connectivity index (χ1) is 15.7. The summed E-state index contributed by atoms with van der Waals surface area (Å²) >= 11 is 3.33. The van der Waals surface area contributed by atoms with E-state index in [0.717, 1.165) is 0 Å². The van der Waals surface area contributed by atoms with Gasteiger partial charge in [-0.15, -0.1) is 0 Å². The van der Waals surface area contributed by atoms with Gasteiger partial charge in [0.15, 0.2) is 11.3 Å². The Labute approximate surface area is 195 Å². The van der Waals surface area contributed by atoms with Crippen LogP contribution in [0.4, 0.5) is 5.69 Å². The highest BCUT2D eigenvalue weighted by molar-refractivity contribution is 9.10. The number of non-ortho nitro benzene ring substituents is 1. The monoisotopic (exact) mass is 518 g/mol. The Hall–Kier alpha value is -3.73. The molecule has 0 aliphatic rings. The number of carbonyl (C=O) groups excluding carboxylic acids is 2. The number of esters is 1. The third-order valence-electron chi connectivity index (χ3n) is 4.69. The molecule has 1 atom stereocenters. The molecule has 172 valence electrons. The van der Waals surface area contributed by atoms with Crippen molar-refractivity contribution < 1.29 is 28.4 Å². The van der Waals surface area contributed by atoms with E-state index in [9.17, 15) is 24.5 Å². The molecule has 11 heteroatoms. The molecule has 1 heterocycles. The molecular formula is C22H19BrN2O8. The highest BCUT2D eigenvalue weighted by Crippen LogP contribution is 2.30. The van der Waals surface area contributed by atoms with Crippen LogP contribution in [-0.2, 0) is 9.53 Å². The minimum absolute atomic E-state index is 0.124. The number of fused-ring (bicyclic) bond motifs is 1. The van der Waals surface area contributed by atoms with E-state index in [4.69, 9.17) is 13.9 Å². The fourth-order valence-corrected chi connectivity index (χ4v) is 3.66. The van der Waals surface area contributed by atoms with Gasteiger partial charge in [0.1, 0.15) is 5.56 Å². The maximum Gasteiger partial charge on any atom is 0.349 e. The van der Waals surface area contributed by atoms with Crippen molar-refractivity contribution in [2.75, 3.05) is 13.7 Å². The molecule has 0 saturated carbocycles. The number of rotatable bonds is 8. The molecule has 0 saturated heterocycles. The van der Waals surface area contributed by atoms with Crippen molar-refractivity contribution in [3.63, 3.8) is 0 Å². The number of nitro groups is 1. The zero-order chi connectivity index (χ0) is 24.1. The van der Waals surface area contributed by atoms with Crippen LogP contribution in [0.5, 0.6) is 5.75 Å². The quantitative estimate of drug-likeness (QED) is 0.205. The minimum atomic E-state index is -0.983. The van der Waals surface area contributed by atoms with Crippen LogP contribution in [0.2, 0.25) is 0 Å². The van der Waals surface area contributed by atoms with E-state index in [-0.39, 0.29) is 29.9 Å². The summed E-state index contributed by atoms with van der Waals surface area (Å²) in [5.74, 6) is -1.13. The van der Waals surface area contributed by atoms with Crippen LogP contribution in [-0.4, -0.2) is 30.5 Å². The molecule has 0 aliphatic heterocycles. The minimum Gasteiger partial charge on any atom is -0.493 e. The van der Waals surface area contributed by atoms with Crippen molar-refractivity contribution in [3.05, 3.63) is 78.6 Å². The number of carbonyl (C=O) groups is 2. The maximum atomic E-state index is 13.0. The molecule has 2 aromatic carbocycles. The average molecular weight is 519 g/mol. The summed E-state index contributed by atoms with van der Waals surface area (Å²) in [6.07, 6.45) is -0.293. The number of methoxy groups -OCH3 is 1. The first kappa shape index (κ1) is 23.9. The fourth-order valence-electron chi connectivity index (χ4n) is 3.21. The topological polar surface area (TPSA) is 138 Å². The average Bonchev–Trinajstić information content (AvgIpc) is 2.78. The molecule has 0 spiro atoms. The number of amides is 1. The van der Waals surface area contributed by atoms with Crippen LogP contribution >= 0.6 is 15.9 Å². The van der Waals surface area contributed by atoms with Crippen molar-refractivity contribution in [1.29, 1.82) is 0 Å². The number of hydrogen-bond acceptors (Lipinski definition) is 8. The summed E-state index contributed by atoms with van der Waals surface area (Å²) in [6.45, 7) is 1.75. The van der Waals surface area contributed by atoms with Crippen molar-refractivity contribution in [3.8, 4) is 5.75 Å². The van der Waals surface area contributed by atoms with Gasteiger partial charge in [0.25, 0.3) is 11.6 Å². The molecular weight excluding hydrogens is 500 g/mol. The Kier molecular flexibility index (Phi) is 7.44. The number of nitrogens with one attached hydrogen (secondary N) is 1. The largest absolute Gasteiger partial charge is 0.493 e. The Morgan fingerprint density at radius 2 is 2.00 bits per heavy atom. The summed E-state index contributed by atoms with van der Waals surface area (Å²) in [7, 11) is 1.42. The zero-order valence-electron chi connectivity index (χ0n) is 17.6. The van der Waals surface area contributed by atoms with Crippen LogP contribution in [0.15, 0.2) is 56.1 Å². The summed E-state index contributed by atoms with van der Waals surface area (Å²) in [5, 5.41) is 14.2. The second-order valence-electron chi connectivity index (χ2n) is 6.86. The van der Waals surface area contributed by atoms with Crippen LogP contribution in [0.3, 0.4) is 0 Å². The molecule has 1 N–H and O–H groups in total. The maximum absolute atomic E-state index is 13.0. The highest BCUT2D eigenvalue weighted by atomic mass is 79.9. The molecule has 1 unspecified atom stereocenters. The van der Waals surface area contributed by atoms with Gasteiger partial charge in [-0.05, 0) is 30.7 Å². The third kappa shape index (κ3) is 5.55. The van der Waals surface area contributed by atoms with Gasteiger partial charge in [-0.1, -0.05) is 28.1 Å². The smallest absolute Gasteiger partial charge is 0.349 e. The molecule has 0 bridgehead atoms. The van der Waals surface area contributed by atoms with E-state index in [1.807, 2.05) is 0 Å². The molecule has 10 nitrogen and oxygen atoms in total. The Bertz CT molecular complexity index is 1290. The molecule has 1 aromatic heterocycles. The molecule has 0 aliphatic carbocycles. The Morgan fingerprint density at radius 1 is 1.24 bits per heavy atom. The SMILES string of the molecule is CCOC(=O)CC(NC(=O)c1cc2cc(Br)cc(OC)c2oc1=O)c1cccc([N+](=O)[O-])c1. The zero-order valence-corrected chi connectivity index (χ0v) is 19.2. The van der Waals surface area contributed by atoms with Gasteiger partial charge in [-0.25, -0.2) is 4.79 Å². The summed E-state index contributed by atoms with van der Waals surface area (Å²) in [4.78, 5) is 48.2. The number of halogens is 1. The van der Waals surface area contributed by atoms with Crippen molar-refractivity contribution in [2.45, 2.75) is 19.4 Å². The lowest BCUT2D eigenvalue weighted by molar-refractivity contribution is -0.384. The summed E-state index contributed by atoms with van der Waals surface area (Å²) in [5.41, 5.74) is -0.946. The van der Waals surface area contributed by atoms with Crippen molar-refractivity contribution in [2.24, 2.45) is 0 Å². The molecule has 0 fully saturated rings. The predicted octanol–water partition coefficient (Wildman–Crippen LogP) is 3.90. The lowest BCUT2D eigenvalue weighted by Crippen LogP contribution is -2.33. The first-order valence-corrected chi connectivity index (χ1v) is 10.5. The van der Waals surface area contributed by atoms with Crippen molar-refractivity contribution in [1.82, 2.24) is 5.32 Å². The second kappa shape index (κ2) is 10.3. The highest BCUT2D eigenvalue weighted by Gasteiger charge is 2.24. The Morgan fingerprint density at radius 3 is 2.67 bits per heavy atom. The van der Waals surface area contributed by atoms with Gasteiger partial charge >= 0.3 is 11.6 Å². The van der Waals surface area contributed by atoms with E-state index in [0.29, 0.717) is 21.2 Å². The van der Waals surface area contributed by atoms with Gasteiger partial charge in [-0.2, -0.15) is 0 Å². The lowest BCUT2D eigenvalue weighted by Gasteiger charge is -2.18. The molecule has 3 aromatic rings. The predicted molar refractivity (Wildman–Crippen MR) is 121 cm³/mol. The van der Waals surface area contributed by atoms with Crippen molar-refractivity contribution >= 4 is 44.5 Å². The summed E-state index contributed by atoms with van der Waals surface area (Å²) in [6, 6.07) is 9.12. The fraction of sp³-hybridized carbons (Fsp3) is 0.227. The van der Waals surface area contributed by atoms with Crippen LogP contribution in [0.25, 0.3) is 11.0 Å². The lowest BCUT2D eigenvalue weighted by atomic mass is 10.0.